The van der Waals surface area contributed by atoms with Crippen molar-refractivity contribution in [2.24, 2.45) is 0 Å². The SMILES string of the molecule is COc1ccc(C=O)cc1NC(=O)c1ccccc1F. The van der Waals surface area contributed by atoms with Crippen LogP contribution in [0.2, 0.25) is 0 Å². The summed E-state index contributed by atoms with van der Waals surface area (Å²) >= 11 is 0. The second-order valence-corrected chi connectivity index (χ2v) is 4.01. The Bertz CT molecular complexity index is 655. The third-order valence-corrected chi connectivity index (χ3v) is 2.73. The van der Waals surface area contributed by atoms with Crippen molar-refractivity contribution < 1.29 is 18.7 Å². The third kappa shape index (κ3) is 2.83. The minimum Gasteiger partial charge on any atom is -0.495 e. The van der Waals surface area contributed by atoms with Crippen molar-refractivity contribution in [3.05, 3.63) is 59.4 Å². The lowest BCUT2D eigenvalue weighted by molar-refractivity contribution is 0.102. The van der Waals surface area contributed by atoms with Gasteiger partial charge in [-0.15, -0.1) is 0 Å². The van der Waals surface area contributed by atoms with E-state index in [1.807, 2.05) is 0 Å². The summed E-state index contributed by atoms with van der Waals surface area (Å²) in [7, 11) is 1.44. The zero-order valence-electron chi connectivity index (χ0n) is 10.7. The Balaban J connectivity index is 2.32. The van der Waals surface area contributed by atoms with Crippen LogP contribution in [0.1, 0.15) is 20.7 Å². The summed E-state index contributed by atoms with van der Waals surface area (Å²) in [5, 5.41) is 2.53. The van der Waals surface area contributed by atoms with Gasteiger partial charge in [0.1, 0.15) is 17.9 Å². The fraction of sp³-hybridized carbons (Fsp3) is 0.0667. The number of aldehydes is 1. The first-order chi connectivity index (χ1) is 9.65. The Morgan fingerprint density at radius 1 is 1.25 bits per heavy atom. The van der Waals surface area contributed by atoms with Crippen molar-refractivity contribution in [3.63, 3.8) is 0 Å². The lowest BCUT2D eigenvalue weighted by atomic mass is 10.1. The van der Waals surface area contributed by atoms with E-state index in [9.17, 15) is 14.0 Å². The number of anilines is 1. The first kappa shape index (κ1) is 13.7. The Morgan fingerprint density at radius 2 is 2.00 bits per heavy atom. The molecule has 0 aliphatic carbocycles. The van der Waals surface area contributed by atoms with Crippen LogP contribution < -0.4 is 10.1 Å². The number of carbonyl (C=O) groups excluding carboxylic acids is 2. The molecule has 0 saturated heterocycles. The van der Waals surface area contributed by atoms with Crippen molar-refractivity contribution in [1.82, 2.24) is 0 Å². The zero-order valence-corrected chi connectivity index (χ0v) is 10.7. The summed E-state index contributed by atoms with van der Waals surface area (Å²) in [5.74, 6) is -0.833. The van der Waals surface area contributed by atoms with Gasteiger partial charge in [-0.2, -0.15) is 0 Å². The molecular formula is C15H12FNO3. The molecule has 0 bridgehead atoms. The minimum atomic E-state index is -0.615. The standard InChI is InChI=1S/C15H12FNO3/c1-20-14-7-6-10(9-18)8-13(14)17-15(19)11-4-2-3-5-12(11)16/h2-9H,1H3,(H,17,19). The summed E-state index contributed by atoms with van der Waals surface area (Å²) in [6.45, 7) is 0. The number of halogens is 1. The van der Waals surface area contributed by atoms with Crippen molar-refractivity contribution in [2.45, 2.75) is 0 Å². The summed E-state index contributed by atoms with van der Waals surface area (Å²) < 4.78 is 18.6. The largest absolute Gasteiger partial charge is 0.495 e. The van der Waals surface area contributed by atoms with Crippen molar-refractivity contribution in [1.29, 1.82) is 0 Å². The van der Waals surface area contributed by atoms with Crippen molar-refractivity contribution in [2.75, 3.05) is 12.4 Å². The molecule has 0 aromatic heterocycles. The summed E-state index contributed by atoms with van der Waals surface area (Å²) in [6, 6.07) is 10.2. The molecule has 2 rings (SSSR count). The number of carbonyl (C=O) groups is 2. The normalized spacial score (nSPS) is 9.90. The number of nitrogens with one attached hydrogen (secondary N) is 1. The van der Waals surface area contributed by atoms with Crippen LogP contribution >= 0.6 is 0 Å². The van der Waals surface area contributed by atoms with Gasteiger partial charge in [-0.25, -0.2) is 4.39 Å². The number of hydrogen-bond acceptors (Lipinski definition) is 3. The van der Waals surface area contributed by atoms with E-state index in [4.69, 9.17) is 4.74 Å². The Kier molecular flexibility index (Phi) is 4.10. The lowest BCUT2D eigenvalue weighted by Crippen LogP contribution is -2.14. The number of hydrogen-bond donors (Lipinski definition) is 1. The maximum atomic E-state index is 13.5. The zero-order chi connectivity index (χ0) is 14.5. The van der Waals surface area contributed by atoms with Crippen LogP contribution in [0.3, 0.4) is 0 Å². The topological polar surface area (TPSA) is 55.4 Å². The van der Waals surface area contributed by atoms with Crippen LogP contribution in [0.4, 0.5) is 10.1 Å². The Hall–Kier alpha value is -2.69. The van der Waals surface area contributed by atoms with E-state index in [-0.39, 0.29) is 5.56 Å². The van der Waals surface area contributed by atoms with Gasteiger partial charge in [-0.3, -0.25) is 9.59 Å². The minimum absolute atomic E-state index is 0.0777. The molecule has 1 N–H and O–H groups in total. The maximum Gasteiger partial charge on any atom is 0.258 e. The number of benzene rings is 2. The highest BCUT2D eigenvalue weighted by Crippen LogP contribution is 2.25. The van der Waals surface area contributed by atoms with E-state index < -0.39 is 11.7 Å². The van der Waals surface area contributed by atoms with Crippen molar-refractivity contribution >= 4 is 17.9 Å². The number of amides is 1. The average molecular weight is 273 g/mol. The van der Waals surface area contributed by atoms with E-state index in [1.165, 1.54) is 31.4 Å². The van der Waals surface area contributed by atoms with Crippen LogP contribution in [0.15, 0.2) is 42.5 Å². The highest BCUT2D eigenvalue weighted by molar-refractivity contribution is 6.05. The molecule has 0 aliphatic rings. The first-order valence-electron chi connectivity index (χ1n) is 5.85. The molecule has 0 aliphatic heterocycles. The Morgan fingerprint density at radius 3 is 2.65 bits per heavy atom. The maximum absolute atomic E-state index is 13.5. The molecule has 102 valence electrons. The molecule has 0 atom stereocenters. The van der Waals surface area contributed by atoms with Crippen LogP contribution in [0, 0.1) is 5.82 Å². The van der Waals surface area contributed by atoms with Crippen LogP contribution in [-0.4, -0.2) is 19.3 Å². The highest BCUT2D eigenvalue weighted by atomic mass is 19.1. The van der Waals surface area contributed by atoms with E-state index in [0.717, 1.165) is 0 Å². The molecule has 20 heavy (non-hydrogen) atoms. The molecule has 0 saturated carbocycles. The lowest BCUT2D eigenvalue weighted by Gasteiger charge is -2.11. The van der Waals surface area contributed by atoms with Gasteiger partial charge in [-0.05, 0) is 30.3 Å². The predicted octanol–water partition coefficient (Wildman–Crippen LogP) is 2.90. The molecule has 0 heterocycles. The van der Waals surface area contributed by atoms with Gasteiger partial charge in [0.05, 0.1) is 18.4 Å². The summed E-state index contributed by atoms with van der Waals surface area (Å²) in [5.41, 5.74) is 0.617. The van der Waals surface area contributed by atoms with E-state index in [0.29, 0.717) is 23.3 Å². The van der Waals surface area contributed by atoms with Gasteiger partial charge in [0, 0.05) is 5.56 Å². The van der Waals surface area contributed by atoms with E-state index in [1.54, 1.807) is 18.2 Å². The molecule has 0 unspecified atom stereocenters. The third-order valence-electron chi connectivity index (χ3n) is 2.73. The highest BCUT2D eigenvalue weighted by Gasteiger charge is 2.13. The number of rotatable bonds is 4. The van der Waals surface area contributed by atoms with Crippen molar-refractivity contribution in [3.8, 4) is 5.75 Å². The van der Waals surface area contributed by atoms with Gasteiger partial charge < -0.3 is 10.1 Å². The van der Waals surface area contributed by atoms with E-state index >= 15 is 0 Å². The van der Waals surface area contributed by atoms with Gasteiger partial charge in [0.15, 0.2) is 0 Å². The van der Waals surface area contributed by atoms with Gasteiger partial charge >= 0.3 is 0 Å². The first-order valence-corrected chi connectivity index (χ1v) is 5.85. The van der Waals surface area contributed by atoms with Gasteiger partial charge in [0.2, 0.25) is 0 Å². The van der Waals surface area contributed by atoms with Crippen LogP contribution in [-0.2, 0) is 0 Å². The van der Waals surface area contributed by atoms with E-state index in [2.05, 4.69) is 5.32 Å². The van der Waals surface area contributed by atoms with Crippen LogP contribution in [0.5, 0.6) is 5.75 Å². The quantitative estimate of drug-likeness (QED) is 0.871. The summed E-state index contributed by atoms with van der Waals surface area (Å²) in [4.78, 5) is 22.8. The average Bonchev–Trinajstić information content (AvgIpc) is 2.47. The molecular weight excluding hydrogens is 261 g/mol. The van der Waals surface area contributed by atoms with Crippen LogP contribution in [0.25, 0.3) is 0 Å². The molecule has 2 aromatic rings. The molecule has 0 fully saturated rings. The molecule has 5 heteroatoms. The molecule has 0 spiro atoms. The molecule has 0 radical (unpaired) electrons. The fourth-order valence-electron chi connectivity index (χ4n) is 1.73. The fourth-order valence-corrected chi connectivity index (χ4v) is 1.73. The predicted molar refractivity (Wildman–Crippen MR) is 72.7 cm³/mol. The number of methoxy groups -OCH3 is 1. The smallest absolute Gasteiger partial charge is 0.258 e. The Labute approximate surface area is 115 Å². The second-order valence-electron chi connectivity index (χ2n) is 4.01. The molecule has 2 aromatic carbocycles. The molecule has 4 nitrogen and oxygen atoms in total. The van der Waals surface area contributed by atoms with Gasteiger partial charge in [-0.1, -0.05) is 12.1 Å². The number of ether oxygens (including phenoxy) is 1. The van der Waals surface area contributed by atoms with Gasteiger partial charge in [0.25, 0.3) is 5.91 Å². The molecule has 1 amide bonds. The monoisotopic (exact) mass is 273 g/mol. The summed E-state index contributed by atoms with van der Waals surface area (Å²) in [6.07, 6.45) is 0.651. The second kappa shape index (κ2) is 5.97.